The van der Waals surface area contributed by atoms with E-state index in [0.717, 1.165) is 46.1 Å². The van der Waals surface area contributed by atoms with Crippen molar-refractivity contribution in [1.29, 1.82) is 0 Å². The van der Waals surface area contributed by atoms with Crippen LogP contribution >= 0.6 is 11.3 Å². The summed E-state index contributed by atoms with van der Waals surface area (Å²) < 4.78 is 0. The molecule has 0 radical (unpaired) electrons. The summed E-state index contributed by atoms with van der Waals surface area (Å²) >= 11 is 1.55. The molecule has 1 amide bonds. The van der Waals surface area contributed by atoms with Crippen LogP contribution in [0.5, 0.6) is 0 Å². The zero-order chi connectivity index (χ0) is 19.0. The summed E-state index contributed by atoms with van der Waals surface area (Å²) in [6.07, 6.45) is 2.02. The lowest BCUT2D eigenvalue weighted by Gasteiger charge is -2.37. The first-order valence-electron chi connectivity index (χ1n) is 9.04. The Bertz CT molecular complexity index is 987. The summed E-state index contributed by atoms with van der Waals surface area (Å²) in [7, 11) is 2.09. The number of amides is 1. The third kappa shape index (κ3) is 3.81. The molecule has 0 saturated carbocycles. The van der Waals surface area contributed by atoms with Crippen LogP contribution in [0, 0.1) is 6.92 Å². The number of rotatable bonds is 3. The summed E-state index contributed by atoms with van der Waals surface area (Å²) in [6, 6.07) is 6.35. The molecular formula is C19H22N6OS. The van der Waals surface area contributed by atoms with Gasteiger partial charge in [-0.1, -0.05) is 23.5 Å². The summed E-state index contributed by atoms with van der Waals surface area (Å²) in [5.74, 6) is 0.648. The van der Waals surface area contributed by atoms with E-state index in [2.05, 4.69) is 39.0 Å². The fourth-order valence-electron chi connectivity index (χ4n) is 3.22. The number of hydrogen-bond donors (Lipinski definition) is 0. The van der Waals surface area contributed by atoms with Crippen LogP contribution in [-0.2, 0) is 11.2 Å². The van der Waals surface area contributed by atoms with Gasteiger partial charge in [0.1, 0.15) is 15.8 Å². The molecule has 0 aliphatic carbocycles. The number of carbonyl (C=O) groups is 1. The SMILES string of the molecule is Cc1nnc(-c2ccc3cnc(CC(=O)N4CCN(C)[C@H](C)C4)nc3c2)s1. The third-order valence-corrected chi connectivity index (χ3v) is 5.92. The van der Waals surface area contributed by atoms with Crippen LogP contribution in [0.15, 0.2) is 24.4 Å². The molecule has 27 heavy (non-hydrogen) atoms. The van der Waals surface area contributed by atoms with Gasteiger partial charge in [-0.15, -0.1) is 10.2 Å². The lowest BCUT2D eigenvalue weighted by molar-refractivity contribution is -0.133. The van der Waals surface area contributed by atoms with Gasteiger partial charge in [-0.3, -0.25) is 4.79 Å². The van der Waals surface area contributed by atoms with E-state index in [0.29, 0.717) is 11.9 Å². The molecule has 3 heterocycles. The average Bonchev–Trinajstić information content (AvgIpc) is 3.09. The summed E-state index contributed by atoms with van der Waals surface area (Å²) in [4.78, 5) is 25.9. The van der Waals surface area contributed by atoms with Crippen molar-refractivity contribution >= 4 is 28.1 Å². The van der Waals surface area contributed by atoms with Gasteiger partial charge in [0.15, 0.2) is 0 Å². The Morgan fingerprint density at radius 3 is 2.89 bits per heavy atom. The molecule has 140 valence electrons. The zero-order valence-corrected chi connectivity index (χ0v) is 16.5. The Morgan fingerprint density at radius 1 is 1.30 bits per heavy atom. The molecule has 1 atom stereocenters. The van der Waals surface area contributed by atoms with E-state index in [9.17, 15) is 4.79 Å². The average molecular weight is 382 g/mol. The number of piperazine rings is 1. The number of nitrogens with zero attached hydrogens (tertiary/aromatic N) is 6. The van der Waals surface area contributed by atoms with E-state index < -0.39 is 0 Å². The highest BCUT2D eigenvalue weighted by atomic mass is 32.1. The van der Waals surface area contributed by atoms with Crippen molar-refractivity contribution in [2.75, 3.05) is 26.7 Å². The topological polar surface area (TPSA) is 75.1 Å². The molecule has 1 fully saturated rings. The molecule has 8 heteroatoms. The molecule has 7 nitrogen and oxygen atoms in total. The summed E-state index contributed by atoms with van der Waals surface area (Å²) in [5.41, 5.74) is 1.81. The number of carbonyl (C=O) groups excluding carboxylic acids is 1. The first-order chi connectivity index (χ1) is 13.0. The Labute approximate surface area is 162 Å². The van der Waals surface area contributed by atoms with E-state index in [1.807, 2.05) is 30.0 Å². The van der Waals surface area contributed by atoms with Crippen LogP contribution < -0.4 is 0 Å². The Kier molecular flexibility index (Phi) is 4.84. The quantitative estimate of drug-likeness (QED) is 0.691. The van der Waals surface area contributed by atoms with Gasteiger partial charge >= 0.3 is 0 Å². The van der Waals surface area contributed by atoms with Gasteiger partial charge in [0.2, 0.25) is 5.91 Å². The van der Waals surface area contributed by atoms with Crippen molar-refractivity contribution < 1.29 is 4.79 Å². The second-order valence-corrected chi connectivity index (χ2v) is 8.21. The molecule has 0 N–H and O–H groups in total. The minimum absolute atomic E-state index is 0.0882. The second kappa shape index (κ2) is 7.28. The van der Waals surface area contributed by atoms with Gasteiger partial charge < -0.3 is 9.80 Å². The van der Waals surface area contributed by atoms with Crippen molar-refractivity contribution in [3.05, 3.63) is 35.2 Å². The van der Waals surface area contributed by atoms with Gasteiger partial charge in [0, 0.05) is 42.8 Å². The van der Waals surface area contributed by atoms with Crippen LogP contribution in [0.2, 0.25) is 0 Å². The van der Waals surface area contributed by atoms with Crippen molar-refractivity contribution in [1.82, 2.24) is 30.0 Å². The maximum Gasteiger partial charge on any atom is 0.230 e. The van der Waals surface area contributed by atoms with Crippen LogP contribution in [0.1, 0.15) is 17.8 Å². The lowest BCUT2D eigenvalue weighted by atomic mass is 10.1. The highest BCUT2D eigenvalue weighted by Crippen LogP contribution is 2.26. The summed E-state index contributed by atoms with van der Waals surface area (Å²) in [6.45, 7) is 6.49. The maximum absolute atomic E-state index is 12.7. The van der Waals surface area contributed by atoms with E-state index in [1.165, 1.54) is 0 Å². The number of aromatic nitrogens is 4. The first-order valence-corrected chi connectivity index (χ1v) is 9.85. The number of aryl methyl sites for hydroxylation is 1. The molecule has 0 unspecified atom stereocenters. The van der Waals surface area contributed by atoms with E-state index in [4.69, 9.17) is 0 Å². The van der Waals surface area contributed by atoms with E-state index in [-0.39, 0.29) is 12.3 Å². The molecule has 1 aliphatic rings. The highest BCUT2D eigenvalue weighted by Gasteiger charge is 2.24. The van der Waals surface area contributed by atoms with Crippen molar-refractivity contribution in [2.24, 2.45) is 0 Å². The Morgan fingerprint density at radius 2 is 2.15 bits per heavy atom. The van der Waals surface area contributed by atoms with E-state index >= 15 is 0 Å². The number of benzene rings is 1. The van der Waals surface area contributed by atoms with Crippen LogP contribution in [0.25, 0.3) is 21.5 Å². The van der Waals surface area contributed by atoms with E-state index in [1.54, 1.807) is 17.5 Å². The predicted molar refractivity (Wildman–Crippen MR) is 106 cm³/mol. The van der Waals surface area contributed by atoms with Crippen LogP contribution in [-0.4, -0.2) is 68.6 Å². The monoisotopic (exact) mass is 382 g/mol. The molecule has 0 spiro atoms. The predicted octanol–water partition coefficient (Wildman–Crippen LogP) is 2.16. The van der Waals surface area contributed by atoms with Gasteiger partial charge in [-0.25, -0.2) is 9.97 Å². The third-order valence-electron chi connectivity index (χ3n) is 5.03. The van der Waals surface area contributed by atoms with Crippen LogP contribution in [0.3, 0.4) is 0 Å². The maximum atomic E-state index is 12.7. The van der Waals surface area contributed by atoms with Crippen molar-refractivity contribution in [2.45, 2.75) is 26.3 Å². The zero-order valence-electron chi connectivity index (χ0n) is 15.7. The molecule has 3 aromatic rings. The molecule has 1 saturated heterocycles. The normalized spacial score (nSPS) is 18.2. The molecule has 1 aliphatic heterocycles. The number of likely N-dealkylation sites (N-methyl/N-ethyl adjacent to an activating group) is 1. The molecule has 1 aromatic carbocycles. The second-order valence-electron chi connectivity index (χ2n) is 7.03. The molecule has 0 bridgehead atoms. The fourth-order valence-corrected chi connectivity index (χ4v) is 3.90. The number of hydrogen-bond acceptors (Lipinski definition) is 7. The molecule has 2 aromatic heterocycles. The van der Waals surface area contributed by atoms with Gasteiger partial charge in [-0.05, 0) is 27.0 Å². The summed E-state index contributed by atoms with van der Waals surface area (Å²) in [5, 5.41) is 11.0. The number of fused-ring (bicyclic) bond motifs is 1. The molecule has 4 rings (SSSR count). The minimum atomic E-state index is 0.0882. The Hall–Kier alpha value is -2.45. The van der Waals surface area contributed by atoms with Gasteiger partial charge in [-0.2, -0.15) is 0 Å². The molecular weight excluding hydrogens is 360 g/mol. The van der Waals surface area contributed by atoms with Gasteiger partial charge in [0.05, 0.1) is 11.9 Å². The van der Waals surface area contributed by atoms with Gasteiger partial charge in [0.25, 0.3) is 0 Å². The van der Waals surface area contributed by atoms with Crippen LogP contribution in [0.4, 0.5) is 0 Å². The lowest BCUT2D eigenvalue weighted by Crippen LogP contribution is -2.52. The first kappa shape index (κ1) is 17.9. The minimum Gasteiger partial charge on any atom is -0.339 e. The highest BCUT2D eigenvalue weighted by molar-refractivity contribution is 7.14. The standard InChI is InChI=1S/C19H22N6OS/c1-12-11-25(7-6-24(12)3)18(26)9-17-20-10-15-5-4-14(8-16(15)21-17)19-23-22-13(2)27-19/h4-5,8,10,12H,6-7,9,11H2,1-3H3/t12-/m1/s1. The van der Waals surface area contributed by atoms with Crippen molar-refractivity contribution in [3.63, 3.8) is 0 Å². The fraction of sp³-hybridized carbons (Fsp3) is 0.421. The van der Waals surface area contributed by atoms with Crippen molar-refractivity contribution in [3.8, 4) is 10.6 Å². The largest absolute Gasteiger partial charge is 0.339 e. The Balaban J connectivity index is 1.54. The smallest absolute Gasteiger partial charge is 0.230 e.